The molecule has 1 unspecified atom stereocenters. The van der Waals surface area contributed by atoms with E-state index < -0.39 is 13.6 Å². The number of hydrogen-bond acceptors (Lipinski definition) is 4. The van der Waals surface area contributed by atoms with Crippen molar-refractivity contribution in [1.82, 2.24) is 14.0 Å². The molecule has 0 amide bonds. The maximum Gasteiger partial charge on any atom is 0.325 e. The van der Waals surface area contributed by atoms with Crippen LogP contribution in [0.5, 0.6) is 5.75 Å². The molecule has 5 atom stereocenters. The third kappa shape index (κ3) is 4.65. The molecule has 2 heterocycles. The summed E-state index contributed by atoms with van der Waals surface area (Å²) in [7, 11) is -1.82. The fourth-order valence-corrected chi connectivity index (χ4v) is 10.9. The smallest absolute Gasteiger partial charge is 0.325 e. The zero-order valence-corrected chi connectivity index (χ0v) is 23.5. The summed E-state index contributed by atoms with van der Waals surface area (Å²) in [6.07, 6.45) is 4.39. The van der Waals surface area contributed by atoms with Gasteiger partial charge in [-0.15, -0.1) is 0 Å². The Hall–Kier alpha value is -2.18. The van der Waals surface area contributed by atoms with Crippen LogP contribution in [0.1, 0.15) is 70.5 Å². The van der Waals surface area contributed by atoms with Crippen LogP contribution in [0.15, 0.2) is 54.6 Å². The maximum atomic E-state index is 15.4. The minimum Gasteiger partial charge on any atom is -0.489 e. The Labute approximate surface area is 221 Å². The van der Waals surface area contributed by atoms with Crippen molar-refractivity contribution in [3.05, 3.63) is 65.7 Å². The molecule has 3 fully saturated rings. The molecule has 1 aliphatic carbocycles. The van der Waals surface area contributed by atoms with E-state index in [0.717, 1.165) is 42.6 Å². The Morgan fingerprint density at radius 1 is 0.946 bits per heavy atom. The third-order valence-electron chi connectivity index (χ3n) is 8.00. The highest BCUT2D eigenvalue weighted by Gasteiger charge is 2.71. The zero-order valence-electron chi connectivity index (χ0n) is 22.6. The summed E-state index contributed by atoms with van der Waals surface area (Å²) < 4.78 is 33.2. The number of fused-ring (bicyclic) bond motifs is 1. The summed E-state index contributed by atoms with van der Waals surface area (Å²) in [5.74, 6) is 0.398. The molecule has 0 spiro atoms. The van der Waals surface area contributed by atoms with Gasteiger partial charge in [-0.1, -0.05) is 55.3 Å². The summed E-state index contributed by atoms with van der Waals surface area (Å²) in [6.45, 7) is 8.98. The first-order chi connectivity index (χ1) is 17.8. The molecule has 5 rings (SSSR count). The van der Waals surface area contributed by atoms with Gasteiger partial charge in [0, 0.05) is 24.2 Å². The normalized spacial score (nSPS) is 29.3. The first-order valence-corrected chi connectivity index (χ1v) is 15.2. The number of carbonyl (C=O) groups is 1. The van der Waals surface area contributed by atoms with E-state index in [1.54, 1.807) is 0 Å². The molecular formula is C29H40N3O4P. The van der Waals surface area contributed by atoms with E-state index in [0.29, 0.717) is 6.61 Å². The zero-order chi connectivity index (χ0) is 26.3. The predicted molar refractivity (Wildman–Crippen MR) is 145 cm³/mol. The number of methoxy groups -OCH3 is 1. The van der Waals surface area contributed by atoms with Crippen LogP contribution >= 0.6 is 7.59 Å². The number of carbonyl (C=O) groups excluding carboxylic acids is 1. The van der Waals surface area contributed by atoms with Gasteiger partial charge in [-0.3, -0.25) is 9.36 Å². The fraction of sp³-hybridized carbons (Fsp3) is 0.552. The third-order valence-corrected chi connectivity index (χ3v) is 11.8. The predicted octanol–water partition coefficient (Wildman–Crippen LogP) is 6.02. The molecular weight excluding hydrogens is 485 g/mol. The van der Waals surface area contributed by atoms with E-state index in [1.807, 2.05) is 59.3 Å². The maximum absolute atomic E-state index is 15.4. The summed E-state index contributed by atoms with van der Waals surface area (Å²) in [5.41, 5.74) is 2.02. The van der Waals surface area contributed by atoms with Gasteiger partial charge in [0.25, 0.3) is 7.59 Å². The minimum atomic E-state index is -3.23. The molecule has 2 saturated heterocycles. The van der Waals surface area contributed by atoms with Gasteiger partial charge in [0.1, 0.15) is 18.4 Å². The Morgan fingerprint density at radius 2 is 1.57 bits per heavy atom. The molecule has 200 valence electrons. The average Bonchev–Trinajstić information content (AvgIpc) is 3.59. The molecule has 2 aromatic carbocycles. The molecule has 1 saturated carbocycles. The molecule has 8 heteroatoms. The number of esters is 1. The van der Waals surface area contributed by atoms with E-state index in [1.165, 1.54) is 7.11 Å². The van der Waals surface area contributed by atoms with Gasteiger partial charge in [0.15, 0.2) is 0 Å². The van der Waals surface area contributed by atoms with Gasteiger partial charge in [0.05, 0.1) is 13.2 Å². The molecule has 0 bridgehead atoms. The van der Waals surface area contributed by atoms with Crippen molar-refractivity contribution in [1.29, 1.82) is 0 Å². The molecule has 7 nitrogen and oxygen atoms in total. The minimum absolute atomic E-state index is 0.0975. The lowest BCUT2D eigenvalue weighted by Crippen LogP contribution is -2.43. The second-order valence-electron chi connectivity index (χ2n) is 11.0. The van der Waals surface area contributed by atoms with Crippen LogP contribution in [0.3, 0.4) is 0 Å². The number of rotatable bonds is 8. The Kier molecular flexibility index (Phi) is 7.52. The number of benzene rings is 2. The standard InChI is InChI=1S/C29H40N3O4P/c1-20(2)30-25-16-9-10-17-26(25)31(21(3)4)37(30,34)32-27(28(32)29(33)35-5)23-14-11-15-24(18-23)36-19-22-12-7-6-8-13-22/h6-8,11-15,18,20-21,25-28H,9-10,16-17,19H2,1-5H3/t25-,26-,27+,28+,32?/m1/s1. The van der Waals surface area contributed by atoms with Crippen LogP contribution in [0.25, 0.3) is 0 Å². The van der Waals surface area contributed by atoms with Crippen molar-refractivity contribution in [3.8, 4) is 5.75 Å². The van der Waals surface area contributed by atoms with Crippen LogP contribution in [0.4, 0.5) is 0 Å². The lowest BCUT2D eigenvalue weighted by molar-refractivity contribution is -0.140. The van der Waals surface area contributed by atoms with Crippen LogP contribution in [0.2, 0.25) is 0 Å². The van der Waals surface area contributed by atoms with Crippen molar-refractivity contribution < 1.29 is 18.8 Å². The lowest BCUT2D eigenvalue weighted by Gasteiger charge is -2.37. The second-order valence-corrected chi connectivity index (χ2v) is 13.4. The van der Waals surface area contributed by atoms with Crippen molar-refractivity contribution in [3.63, 3.8) is 0 Å². The lowest BCUT2D eigenvalue weighted by atomic mass is 9.89. The first kappa shape index (κ1) is 26.4. The van der Waals surface area contributed by atoms with E-state index in [4.69, 9.17) is 9.47 Å². The van der Waals surface area contributed by atoms with Crippen LogP contribution in [0, 0.1) is 0 Å². The van der Waals surface area contributed by atoms with Gasteiger partial charge in [-0.2, -0.15) is 0 Å². The first-order valence-electron chi connectivity index (χ1n) is 13.6. The summed E-state index contributed by atoms with van der Waals surface area (Å²) >= 11 is 0. The molecule has 0 radical (unpaired) electrons. The molecule has 2 aliphatic heterocycles. The molecule has 2 aromatic rings. The van der Waals surface area contributed by atoms with Gasteiger partial charge in [-0.05, 0) is 63.8 Å². The average molecular weight is 526 g/mol. The summed E-state index contributed by atoms with van der Waals surface area (Å²) in [6, 6.07) is 17.7. The highest BCUT2D eigenvalue weighted by molar-refractivity contribution is 7.57. The van der Waals surface area contributed by atoms with Gasteiger partial charge >= 0.3 is 5.97 Å². The van der Waals surface area contributed by atoms with Gasteiger partial charge in [0.2, 0.25) is 0 Å². The summed E-state index contributed by atoms with van der Waals surface area (Å²) in [4.78, 5) is 13.1. The Bertz CT molecular complexity index is 1130. The van der Waals surface area contributed by atoms with Gasteiger partial charge < -0.3 is 9.47 Å². The van der Waals surface area contributed by atoms with Crippen LogP contribution in [-0.4, -0.2) is 57.3 Å². The highest BCUT2D eigenvalue weighted by atomic mass is 31.2. The number of ether oxygens (including phenoxy) is 2. The largest absolute Gasteiger partial charge is 0.489 e. The highest BCUT2D eigenvalue weighted by Crippen LogP contribution is 2.75. The van der Waals surface area contributed by atoms with Gasteiger partial charge in [-0.25, -0.2) is 14.0 Å². The monoisotopic (exact) mass is 525 g/mol. The Balaban J connectivity index is 1.50. The van der Waals surface area contributed by atoms with E-state index in [-0.39, 0.29) is 36.2 Å². The quantitative estimate of drug-likeness (QED) is 0.237. The summed E-state index contributed by atoms with van der Waals surface area (Å²) in [5, 5.41) is 0. The number of nitrogens with zero attached hydrogens (tertiary/aromatic N) is 3. The fourth-order valence-electron chi connectivity index (χ4n) is 6.59. The van der Waals surface area contributed by atoms with Crippen LogP contribution in [-0.2, 0) is 20.7 Å². The van der Waals surface area contributed by atoms with Crippen molar-refractivity contribution in [2.24, 2.45) is 0 Å². The number of hydrogen-bond donors (Lipinski definition) is 0. The molecule has 3 aliphatic rings. The van der Waals surface area contributed by atoms with Crippen molar-refractivity contribution in [2.75, 3.05) is 7.11 Å². The topological polar surface area (TPSA) is 62.1 Å². The molecule has 0 aromatic heterocycles. The van der Waals surface area contributed by atoms with Crippen LogP contribution < -0.4 is 4.74 Å². The Morgan fingerprint density at radius 3 is 2.14 bits per heavy atom. The van der Waals surface area contributed by atoms with E-state index in [2.05, 4.69) is 37.0 Å². The molecule has 0 N–H and O–H groups in total. The van der Waals surface area contributed by atoms with Crippen molar-refractivity contribution >= 4 is 13.6 Å². The van der Waals surface area contributed by atoms with E-state index >= 15 is 4.57 Å². The SMILES string of the molecule is COC(=O)[C@@H]1[C@H](c2cccc(OCc3ccccc3)c2)N1P1(=O)N(C(C)C)[C@@H]2CCCC[C@H]2N1C(C)C. The van der Waals surface area contributed by atoms with E-state index in [9.17, 15) is 4.79 Å². The second kappa shape index (κ2) is 10.5. The molecule has 37 heavy (non-hydrogen) atoms. The van der Waals surface area contributed by atoms with Crippen molar-refractivity contribution in [2.45, 2.75) is 96.2 Å².